The molecule has 0 radical (unpaired) electrons. The fourth-order valence-corrected chi connectivity index (χ4v) is 2.95. The molecule has 1 amide bonds. The van der Waals surface area contributed by atoms with Gasteiger partial charge in [-0.25, -0.2) is 4.68 Å². The van der Waals surface area contributed by atoms with E-state index in [4.69, 9.17) is 4.74 Å². The van der Waals surface area contributed by atoms with Gasteiger partial charge in [0.25, 0.3) is 0 Å². The number of nitrogens with zero attached hydrogens (tertiary/aromatic N) is 4. The van der Waals surface area contributed by atoms with E-state index < -0.39 is 6.10 Å². The molecule has 0 saturated carbocycles. The van der Waals surface area contributed by atoms with Crippen molar-refractivity contribution in [1.82, 2.24) is 25.5 Å². The van der Waals surface area contributed by atoms with Crippen LogP contribution in [0.1, 0.15) is 17.5 Å². The highest BCUT2D eigenvalue weighted by atomic mass is 32.2. The fourth-order valence-electron chi connectivity index (χ4n) is 2.16. The van der Waals surface area contributed by atoms with E-state index in [1.807, 2.05) is 32.0 Å². The maximum absolute atomic E-state index is 11.8. The zero-order chi connectivity index (χ0) is 18.2. The molecule has 1 unspecified atom stereocenters. The predicted molar refractivity (Wildman–Crippen MR) is 94.6 cm³/mol. The quantitative estimate of drug-likeness (QED) is 0.636. The second-order valence-corrected chi connectivity index (χ2v) is 6.74. The van der Waals surface area contributed by atoms with Crippen molar-refractivity contribution in [1.29, 1.82) is 0 Å². The van der Waals surface area contributed by atoms with Gasteiger partial charge in [-0.15, -0.1) is 5.10 Å². The second-order valence-electron chi connectivity index (χ2n) is 5.67. The lowest BCUT2D eigenvalue weighted by Gasteiger charge is -2.16. The average molecular weight is 365 g/mol. The van der Waals surface area contributed by atoms with Crippen LogP contribution in [0.25, 0.3) is 0 Å². The third kappa shape index (κ3) is 6.02. The van der Waals surface area contributed by atoms with Gasteiger partial charge in [-0.05, 0) is 35.4 Å². The molecule has 25 heavy (non-hydrogen) atoms. The number of rotatable bonds is 9. The molecular weight excluding hydrogens is 342 g/mol. The lowest BCUT2D eigenvalue weighted by molar-refractivity contribution is -0.121. The van der Waals surface area contributed by atoms with Crippen LogP contribution in [0.4, 0.5) is 0 Å². The summed E-state index contributed by atoms with van der Waals surface area (Å²) in [7, 11) is 1.74. The fraction of sp³-hybridized carbons (Fsp3) is 0.500. The average Bonchev–Trinajstić information content (AvgIpc) is 2.98. The van der Waals surface area contributed by atoms with Crippen molar-refractivity contribution < 1.29 is 14.6 Å². The van der Waals surface area contributed by atoms with Crippen molar-refractivity contribution >= 4 is 17.7 Å². The first-order valence-electron chi connectivity index (χ1n) is 7.96. The molecule has 0 spiro atoms. The maximum Gasteiger partial charge on any atom is 0.220 e. The Labute approximate surface area is 150 Å². The molecule has 8 nitrogen and oxygen atoms in total. The third-order valence-corrected chi connectivity index (χ3v) is 4.52. The van der Waals surface area contributed by atoms with E-state index >= 15 is 0 Å². The molecule has 0 saturated heterocycles. The number of ether oxygens (including phenoxy) is 1. The van der Waals surface area contributed by atoms with Gasteiger partial charge in [0, 0.05) is 25.8 Å². The van der Waals surface area contributed by atoms with Crippen molar-refractivity contribution in [3.63, 3.8) is 0 Å². The van der Waals surface area contributed by atoms with Gasteiger partial charge in [-0.2, -0.15) is 0 Å². The highest BCUT2D eigenvalue weighted by Crippen LogP contribution is 2.22. The summed E-state index contributed by atoms with van der Waals surface area (Å²) in [5.41, 5.74) is 2.04. The van der Waals surface area contributed by atoms with E-state index in [9.17, 15) is 9.90 Å². The SMILES string of the molecule is Cc1cccc(C)c1OCC(O)CNC(=O)CCSc1nnnn1C. The Kier molecular flexibility index (Phi) is 7.20. The minimum atomic E-state index is -0.765. The van der Waals surface area contributed by atoms with Crippen molar-refractivity contribution in [2.75, 3.05) is 18.9 Å². The number of tetrazole rings is 1. The van der Waals surface area contributed by atoms with Crippen LogP contribution < -0.4 is 10.1 Å². The highest BCUT2D eigenvalue weighted by molar-refractivity contribution is 7.99. The lowest BCUT2D eigenvalue weighted by atomic mass is 10.1. The molecule has 0 aliphatic rings. The Bertz CT molecular complexity index is 687. The molecule has 2 aromatic rings. The lowest BCUT2D eigenvalue weighted by Crippen LogP contribution is -2.35. The molecule has 0 fully saturated rings. The Morgan fingerprint density at radius 2 is 2.12 bits per heavy atom. The van der Waals surface area contributed by atoms with Gasteiger partial charge in [-0.1, -0.05) is 30.0 Å². The number of hydrogen-bond acceptors (Lipinski definition) is 7. The summed E-state index contributed by atoms with van der Waals surface area (Å²) in [6, 6.07) is 5.88. The first kappa shape index (κ1) is 19.2. The number of carbonyl (C=O) groups excluding carboxylic acids is 1. The second kappa shape index (κ2) is 9.38. The van der Waals surface area contributed by atoms with E-state index in [0.717, 1.165) is 16.9 Å². The van der Waals surface area contributed by atoms with Crippen molar-refractivity contribution in [2.24, 2.45) is 7.05 Å². The monoisotopic (exact) mass is 365 g/mol. The molecule has 2 N–H and O–H groups in total. The number of para-hydroxylation sites is 1. The van der Waals surface area contributed by atoms with Gasteiger partial charge >= 0.3 is 0 Å². The van der Waals surface area contributed by atoms with Gasteiger partial charge < -0.3 is 15.2 Å². The van der Waals surface area contributed by atoms with Gasteiger partial charge in [0.2, 0.25) is 11.1 Å². The number of aromatic nitrogens is 4. The number of carbonyl (C=O) groups is 1. The number of aliphatic hydroxyl groups excluding tert-OH is 1. The third-order valence-electron chi connectivity index (χ3n) is 3.51. The number of hydrogen-bond donors (Lipinski definition) is 2. The molecule has 1 aromatic heterocycles. The van der Waals surface area contributed by atoms with Crippen LogP contribution in [0.3, 0.4) is 0 Å². The van der Waals surface area contributed by atoms with Gasteiger partial charge in [-0.3, -0.25) is 4.79 Å². The van der Waals surface area contributed by atoms with Crippen LogP contribution in [0, 0.1) is 13.8 Å². The Morgan fingerprint density at radius 3 is 2.76 bits per heavy atom. The molecule has 0 aliphatic heterocycles. The predicted octanol–water partition coefficient (Wildman–Crippen LogP) is 0.865. The minimum absolute atomic E-state index is 0.130. The van der Waals surface area contributed by atoms with E-state index in [2.05, 4.69) is 20.8 Å². The largest absolute Gasteiger partial charge is 0.490 e. The van der Waals surface area contributed by atoms with Crippen LogP contribution >= 0.6 is 11.8 Å². The summed E-state index contributed by atoms with van der Waals surface area (Å²) in [5.74, 6) is 1.21. The summed E-state index contributed by atoms with van der Waals surface area (Å²) in [6.45, 7) is 4.20. The van der Waals surface area contributed by atoms with E-state index in [0.29, 0.717) is 17.3 Å². The van der Waals surface area contributed by atoms with Crippen LogP contribution in [0.15, 0.2) is 23.4 Å². The summed E-state index contributed by atoms with van der Waals surface area (Å²) in [6.07, 6.45) is -0.444. The zero-order valence-electron chi connectivity index (χ0n) is 14.6. The molecule has 2 rings (SSSR count). The normalized spacial score (nSPS) is 12.0. The van der Waals surface area contributed by atoms with Gasteiger partial charge in [0.05, 0.1) is 0 Å². The standard InChI is InChI=1S/C16H23N5O3S/c1-11-5-4-6-12(2)15(11)24-10-13(22)9-17-14(23)7-8-25-16-18-19-20-21(16)3/h4-6,13,22H,7-10H2,1-3H3,(H,17,23). The van der Waals surface area contributed by atoms with Crippen molar-refractivity contribution in [2.45, 2.75) is 31.5 Å². The van der Waals surface area contributed by atoms with E-state index in [-0.39, 0.29) is 19.1 Å². The van der Waals surface area contributed by atoms with Crippen molar-refractivity contribution in [3.05, 3.63) is 29.3 Å². The summed E-state index contributed by atoms with van der Waals surface area (Å²) >= 11 is 1.41. The highest BCUT2D eigenvalue weighted by Gasteiger charge is 2.11. The number of aliphatic hydroxyl groups is 1. The van der Waals surface area contributed by atoms with Crippen LogP contribution in [-0.2, 0) is 11.8 Å². The smallest absolute Gasteiger partial charge is 0.220 e. The van der Waals surface area contributed by atoms with Crippen LogP contribution in [-0.4, -0.2) is 56.2 Å². The number of aryl methyl sites for hydroxylation is 3. The number of amides is 1. The minimum Gasteiger partial charge on any atom is -0.490 e. The Morgan fingerprint density at radius 1 is 1.40 bits per heavy atom. The number of thioether (sulfide) groups is 1. The van der Waals surface area contributed by atoms with Crippen molar-refractivity contribution in [3.8, 4) is 5.75 Å². The molecule has 9 heteroatoms. The van der Waals surface area contributed by atoms with E-state index in [1.165, 1.54) is 11.8 Å². The topological polar surface area (TPSA) is 102 Å². The molecule has 0 bridgehead atoms. The first-order chi connectivity index (χ1) is 12.0. The molecular formula is C16H23N5O3S. The maximum atomic E-state index is 11.8. The number of nitrogens with one attached hydrogen (secondary N) is 1. The molecule has 1 aromatic carbocycles. The molecule has 0 aliphatic carbocycles. The Balaban J connectivity index is 1.65. The van der Waals surface area contributed by atoms with E-state index in [1.54, 1.807) is 11.7 Å². The zero-order valence-corrected chi connectivity index (χ0v) is 15.4. The van der Waals surface area contributed by atoms with Crippen LogP contribution in [0.5, 0.6) is 5.75 Å². The summed E-state index contributed by atoms with van der Waals surface area (Å²) in [5, 5.41) is 24.4. The summed E-state index contributed by atoms with van der Waals surface area (Å²) in [4.78, 5) is 11.8. The molecule has 136 valence electrons. The number of benzene rings is 1. The van der Waals surface area contributed by atoms with Gasteiger partial charge in [0.1, 0.15) is 18.5 Å². The summed E-state index contributed by atoms with van der Waals surface area (Å²) < 4.78 is 7.23. The first-order valence-corrected chi connectivity index (χ1v) is 8.95. The van der Waals surface area contributed by atoms with Crippen LogP contribution in [0.2, 0.25) is 0 Å². The molecule has 1 atom stereocenters. The Hall–Kier alpha value is -2.13. The molecule has 1 heterocycles. The van der Waals surface area contributed by atoms with Gasteiger partial charge in [0.15, 0.2) is 0 Å².